The minimum atomic E-state index is 0.0126. The number of aromatic nitrogens is 3. The van der Waals surface area contributed by atoms with Crippen molar-refractivity contribution in [1.82, 2.24) is 20.1 Å². The molecule has 1 fully saturated rings. The van der Waals surface area contributed by atoms with E-state index in [1.807, 2.05) is 18.0 Å². The fourth-order valence-corrected chi connectivity index (χ4v) is 4.15. The second-order valence-electron chi connectivity index (χ2n) is 6.67. The summed E-state index contributed by atoms with van der Waals surface area (Å²) in [6.45, 7) is 3.92. The summed E-state index contributed by atoms with van der Waals surface area (Å²) in [5.74, 6) is 0.442. The zero-order valence-corrected chi connectivity index (χ0v) is 13.9. The lowest BCUT2D eigenvalue weighted by molar-refractivity contribution is 0.0628. The van der Waals surface area contributed by atoms with Crippen molar-refractivity contribution >= 4 is 5.91 Å². The van der Waals surface area contributed by atoms with Gasteiger partial charge in [-0.1, -0.05) is 0 Å². The van der Waals surface area contributed by atoms with Gasteiger partial charge in [0.2, 0.25) is 5.88 Å². The number of aryl methyl sites for hydroxylation is 1. The molecule has 1 N–H and O–H groups in total. The Morgan fingerprint density at radius 1 is 1.46 bits per heavy atom. The first-order valence-corrected chi connectivity index (χ1v) is 8.63. The Morgan fingerprint density at radius 3 is 3.25 bits per heavy atom. The smallest absolute Gasteiger partial charge is 0.259 e. The molecular formula is C18H22N4O2. The molecule has 0 aromatic carbocycles. The topological polar surface area (TPSA) is 71.1 Å². The van der Waals surface area contributed by atoms with Gasteiger partial charge in [-0.15, -0.1) is 0 Å². The van der Waals surface area contributed by atoms with Crippen molar-refractivity contribution in [2.45, 2.75) is 38.0 Å². The highest BCUT2D eigenvalue weighted by atomic mass is 16.5. The van der Waals surface area contributed by atoms with Crippen LogP contribution >= 0.6 is 0 Å². The molecule has 1 saturated heterocycles. The number of amides is 1. The number of nitrogens with zero attached hydrogens (tertiary/aromatic N) is 3. The summed E-state index contributed by atoms with van der Waals surface area (Å²) >= 11 is 0. The highest BCUT2D eigenvalue weighted by Gasteiger charge is 2.44. The Morgan fingerprint density at radius 2 is 2.38 bits per heavy atom. The number of likely N-dealkylation sites (tertiary alicyclic amines) is 1. The molecule has 2 aromatic heterocycles. The second-order valence-corrected chi connectivity index (χ2v) is 6.67. The molecule has 126 valence electrons. The predicted molar refractivity (Wildman–Crippen MR) is 89.1 cm³/mol. The van der Waals surface area contributed by atoms with Gasteiger partial charge in [-0.25, -0.2) is 4.98 Å². The highest BCUT2D eigenvalue weighted by molar-refractivity contribution is 5.96. The summed E-state index contributed by atoms with van der Waals surface area (Å²) in [5, 5.41) is 7.39. The van der Waals surface area contributed by atoms with Crippen molar-refractivity contribution in [2.24, 2.45) is 0 Å². The van der Waals surface area contributed by atoms with Crippen molar-refractivity contribution < 1.29 is 9.53 Å². The first-order valence-electron chi connectivity index (χ1n) is 8.63. The summed E-state index contributed by atoms with van der Waals surface area (Å²) in [6, 6.07) is 3.59. The maximum atomic E-state index is 13.1. The zero-order valence-electron chi connectivity index (χ0n) is 13.9. The van der Waals surface area contributed by atoms with Gasteiger partial charge in [-0.2, -0.15) is 5.10 Å². The third kappa shape index (κ3) is 2.37. The molecule has 24 heavy (non-hydrogen) atoms. The number of rotatable bonds is 3. The minimum absolute atomic E-state index is 0.0126. The number of carbonyl (C=O) groups excluding carboxylic acids is 1. The number of aromatic amines is 1. The van der Waals surface area contributed by atoms with Gasteiger partial charge < -0.3 is 9.64 Å². The van der Waals surface area contributed by atoms with E-state index in [1.165, 1.54) is 11.3 Å². The Balaban J connectivity index is 1.60. The van der Waals surface area contributed by atoms with Gasteiger partial charge in [0.05, 0.1) is 12.8 Å². The molecule has 3 heterocycles. The van der Waals surface area contributed by atoms with Crippen LogP contribution in [0.5, 0.6) is 5.88 Å². The quantitative estimate of drug-likeness (QED) is 0.940. The van der Waals surface area contributed by atoms with Crippen LogP contribution in [0.4, 0.5) is 0 Å². The molecular weight excluding hydrogens is 304 g/mol. The van der Waals surface area contributed by atoms with E-state index in [0.29, 0.717) is 18.1 Å². The molecule has 1 aliphatic heterocycles. The number of pyridine rings is 1. The van der Waals surface area contributed by atoms with Crippen LogP contribution in [0.25, 0.3) is 0 Å². The Bertz CT molecular complexity index is 757. The van der Waals surface area contributed by atoms with Crippen LogP contribution in [0, 0.1) is 0 Å². The van der Waals surface area contributed by atoms with Gasteiger partial charge in [0.1, 0.15) is 5.56 Å². The number of fused-ring (bicyclic) bond motifs is 2. The third-order valence-electron chi connectivity index (χ3n) is 5.27. The third-order valence-corrected chi connectivity index (χ3v) is 5.27. The van der Waals surface area contributed by atoms with Crippen molar-refractivity contribution in [3.05, 3.63) is 41.3 Å². The van der Waals surface area contributed by atoms with Gasteiger partial charge in [-0.05, 0) is 50.3 Å². The van der Waals surface area contributed by atoms with E-state index in [1.54, 1.807) is 18.3 Å². The summed E-state index contributed by atoms with van der Waals surface area (Å²) in [4.78, 5) is 19.2. The fourth-order valence-electron chi connectivity index (χ4n) is 4.15. The van der Waals surface area contributed by atoms with Crippen molar-refractivity contribution in [2.75, 3.05) is 19.7 Å². The maximum absolute atomic E-state index is 13.1. The Kier molecular flexibility index (Phi) is 3.75. The molecule has 4 rings (SSSR count). The van der Waals surface area contributed by atoms with E-state index in [-0.39, 0.29) is 11.3 Å². The van der Waals surface area contributed by atoms with E-state index >= 15 is 0 Å². The van der Waals surface area contributed by atoms with Crippen LogP contribution in [-0.4, -0.2) is 45.7 Å². The average molecular weight is 326 g/mol. The molecule has 0 radical (unpaired) electrons. The summed E-state index contributed by atoms with van der Waals surface area (Å²) in [5.41, 5.74) is 3.13. The van der Waals surface area contributed by atoms with Crippen LogP contribution in [0.3, 0.4) is 0 Å². The van der Waals surface area contributed by atoms with E-state index in [2.05, 4.69) is 15.2 Å². The fraction of sp³-hybridized carbons (Fsp3) is 0.500. The molecule has 6 heteroatoms. The maximum Gasteiger partial charge on any atom is 0.259 e. The van der Waals surface area contributed by atoms with E-state index in [9.17, 15) is 4.79 Å². The van der Waals surface area contributed by atoms with E-state index in [0.717, 1.165) is 38.8 Å². The summed E-state index contributed by atoms with van der Waals surface area (Å²) in [6.07, 6.45) is 7.84. The first-order chi connectivity index (χ1) is 11.7. The normalized spacial score (nSPS) is 22.6. The minimum Gasteiger partial charge on any atom is -0.477 e. The molecule has 1 amide bonds. The number of piperidine rings is 1. The lowest BCUT2D eigenvalue weighted by Crippen LogP contribution is -2.48. The van der Waals surface area contributed by atoms with Crippen molar-refractivity contribution in [3.63, 3.8) is 0 Å². The van der Waals surface area contributed by atoms with Crippen molar-refractivity contribution in [3.8, 4) is 5.88 Å². The summed E-state index contributed by atoms with van der Waals surface area (Å²) < 4.78 is 5.54. The molecule has 0 saturated carbocycles. The van der Waals surface area contributed by atoms with Gasteiger partial charge in [0, 0.05) is 30.4 Å². The molecule has 6 nitrogen and oxygen atoms in total. The van der Waals surface area contributed by atoms with Crippen LogP contribution in [0.15, 0.2) is 24.5 Å². The molecule has 2 aliphatic rings. The van der Waals surface area contributed by atoms with Crippen molar-refractivity contribution in [1.29, 1.82) is 0 Å². The van der Waals surface area contributed by atoms with Crippen LogP contribution in [0.1, 0.15) is 47.8 Å². The molecule has 0 bridgehead atoms. The van der Waals surface area contributed by atoms with E-state index in [4.69, 9.17) is 4.74 Å². The number of nitrogens with one attached hydrogen (secondary N) is 1. The lowest BCUT2D eigenvalue weighted by atomic mass is 9.77. The lowest BCUT2D eigenvalue weighted by Gasteiger charge is -2.40. The second kappa shape index (κ2) is 5.92. The Hall–Kier alpha value is -2.37. The zero-order chi connectivity index (χ0) is 16.6. The number of H-pyrrole nitrogens is 1. The first kappa shape index (κ1) is 15.2. The largest absolute Gasteiger partial charge is 0.477 e. The number of hydrogen-bond acceptors (Lipinski definition) is 4. The number of carbonyl (C=O) groups is 1. The number of hydrogen-bond donors (Lipinski definition) is 1. The highest BCUT2D eigenvalue weighted by Crippen LogP contribution is 2.44. The molecule has 1 spiro atoms. The molecule has 1 atom stereocenters. The molecule has 1 aliphatic carbocycles. The summed E-state index contributed by atoms with van der Waals surface area (Å²) in [7, 11) is 0. The van der Waals surface area contributed by atoms with Crippen LogP contribution in [-0.2, 0) is 11.8 Å². The van der Waals surface area contributed by atoms with Gasteiger partial charge in [0.15, 0.2) is 0 Å². The van der Waals surface area contributed by atoms with Gasteiger partial charge >= 0.3 is 0 Å². The molecule has 1 unspecified atom stereocenters. The monoisotopic (exact) mass is 326 g/mol. The average Bonchev–Trinajstić information content (AvgIpc) is 3.20. The SMILES string of the molecule is CCOc1ncccc1C(=O)N1CCCC2(CCc3cn[nH]c32)C1. The van der Waals surface area contributed by atoms with Gasteiger partial charge in [0.25, 0.3) is 5.91 Å². The molecule has 2 aromatic rings. The number of ether oxygens (including phenoxy) is 1. The van der Waals surface area contributed by atoms with Crippen LogP contribution in [0.2, 0.25) is 0 Å². The van der Waals surface area contributed by atoms with Crippen LogP contribution < -0.4 is 4.74 Å². The standard InChI is InChI=1S/C18H22N4O2/c1-2-24-16-14(5-3-9-19-16)17(23)22-10-4-7-18(12-22)8-6-13-11-20-21-15(13)18/h3,5,9,11H,2,4,6-8,10,12H2,1H3,(H,20,21). The van der Waals surface area contributed by atoms with E-state index < -0.39 is 0 Å². The van der Waals surface area contributed by atoms with Gasteiger partial charge in [-0.3, -0.25) is 9.89 Å². The predicted octanol–water partition coefficient (Wildman–Crippen LogP) is 2.32. The Labute approximate surface area is 141 Å².